The van der Waals surface area contributed by atoms with Crippen LogP contribution in [0.3, 0.4) is 0 Å². The molecule has 2 heterocycles. The third-order valence-corrected chi connectivity index (χ3v) is 3.61. The van der Waals surface area contributed by atoms with Gasteiger partial charge in [0, 0.05) is 23.9 Å². The first-order valence-electron chi connectivity index (χ1n) is 6.46. The highest BCUT2D eigenvalue weighted by molar-refractivity contribution is 5.91. The van der Waals surface area contributed by atoms with E-state index < -0.39 is 0 Å². The highest BCUT2D eigenvalue weighted by atomic mass is 15.3. The molecule has 1 saturated heterocycles. The molecule has 0 radical (unpaired) electrons. The molecule has 0 saturated carbocycles. The van der Waals surface area contributed by atoms with Crippen LogP contribution in [0.2, 0.25) is 0 Å². The fraction of sp³-hybridized carbons (Fsp3) is 0.429. The van der Waals surface area contributed by atoms with Crippen molar-refractivity contribution in [1.29, 1.82) is 0 Å². The van der Waals surface area contributed by atoms with Gasteiger partial charge in [-0.1, -0.05) is 37.6 Å². The summed E-state index contributed by atoms with van der Waals surface area (Å²) in [6, 6.07) is 8.22. The molecule has 0 bridgehead atoms. The first kappa shape index (κ1) is 11.4. The molecular formula is C14H18N4. The fourth-order valence-electron chi connectivity index (χ4n) is 2.77. The Hall–Kier alpha value is -1.68. The van der Waals surface area contributed by atoms with Crippen molar-refractivity contribution in [2.75, 3.05) is 18.0 Å². The van der Waals surface area contributed by atoms with Crippen LogP contribution < -0.4 is 10.6 Å². The first-order chi connectivity index (χ1) is 8.72. The van der Waals surface area contributed by atoms with Crippen molar-refractivity contribution >= 4 is 16.6 Å². The van der Waals surface area contributed by atoms with Crippen LogP contribution in [0.4, 0.5) is 5.82 Å². The molecule has 0 aliphatic carbocycles. The van der Waals surface area contributed by atoms with E-state index >= 15 is 0 Å². The summed E-state index contributed by atoms with van der Waals surface area (Å²) in [5.74, 6) is 0.963. The fourth-order valence-corrected chi connectivity index (χ4v) is 2.77. The summed E-state index contributed by atoms with van der Waals surface area (Å²) in [7, 11) is 0. The van der Waals surface area contributed by atoms with Gasteiger partial charge in [-0.15, -0.1) is 5.10 Å². The lowest BCUT2D eigenvalue weighted by Crippen LogP contribution is -2.67. The average molecular weight is 242 g/mol. The zero-order valence-electron chi connectivity index (χ0n) is 10.6. The van der Waals surface area contributed by atoms with Crippen LogP contribution in [0.1, 0.15) is 19.8 Å². The van der Waals surface area contributed by atoms with Crippen LogP contribution >= 0.6 is 0 Å². The molecule has 3 rings (SSSR count). The Kier molecular flexibility index (Phi) is 2.67. The van der Waals surface area contributed by atoms with Gasteiger partial charge in [0.05, 0.1) is 11.7 Å². The van der Waals surface area contributed by atoms with E-state index in [1.807, 2.05) is 12.1 Å². The molecule has 0 unspecified atom stereocenters. The molecule has 1 aromatic heterocycles. The lowest BCUT2D eigenvalue weighted by Gasteiger charge is -2.48. The molecule has 0 atom stereocenters. The smallest absolute Gasteiger partial charge is 0.159 e. The summed E-state index contributed by atoms with van der Waals surface area (Å²) in [4.78, 5) is 2.23. The van der Waals surface area contributed by atoms with E-state index in [4.69, 9.17) is 5.73 Å². The van der Waals surface area contributed by atoms with Crippen molar-refractivity contribution in [3.8, 4) is 0 Å². The second-order valence-electron chi connectivity index (χ2n) is 5.22. The topological polar surface area (TPSA) is 55.0 Å². The van der Waals surface area contributed by atoms with Gasteiger partial charge in [-0.2, -0.15) is 5.10 Å². The number of anilines is 1. The van der Waals surface area contributed by atoms with Gasteiger partial charge in [-0.25, -0.2) is 0 Å². The molecule has 2 N–H and O–H groups in total. The maximum absolute atomic E-state index is 6.30. The van der Waals surface area contributed by atoms with Crippen LogP contribution in [0, 0.1) is 0 Å². The standard InChI is InChI=1S/C14H18N4/c1-2-7-14(15)9-18(10-14)13-12-6-4-3-5-11(12)8-16-17-13/h3-6,8H,2,7,9-10,15H2,1H3. The number of benzene rings is 1. The minimum atomic E-state index is -0.0344. The molecule has 1 aliphatic heterocycles. The molecule has 18 heavy (non-hydrogen) atoms. The molecule has 4 heteroatoms. The minimum absolute atomic E-state index is 0.0344. The zero-order chi connectivity index (χ0) is 12.6. The Morgan fingerprint density at radius 2 is 2.11 bits per heavy atom. The van der Waals surface area contributed by atoms with Gasteiger partial charge in [0.25, 0.3) is 0 Å². The number of rotatable bonds is 3. The van der Waals surface area contributed by atoms with Crippen LogP contribution in [0.25, 0.3) is 10.8 Å². The molecule has 1 fully saturated rings. The molecule has 0 amide bonds. The summed E-state index contributed by atoms with van der Waals surface area (Å²) < 4.78 is 0. The van der Waals surface area contributed by atoms with Crippen LogP contribution in [-0.2, 0) is 0 Å². The number of hydrogen-bond donors (Lipinski definition) is 1. The van der Waals surface area contributed by atoms with E-state index in [1.165, 1.54) is 0 Å². The van der Waals surface area contributed by atoms with E-state index in [1.54, 1.807) is 6.20 Å². The summed E-state index contributed by atoms with van der Waals surface area (Å²) in [6.45, 7) is 3.93. The van der Waals surface area contributed by atoms with Gasteiger partial charge < -0.3 is 10.6 Å². The van der Waals surface area contributed by atoms with Crippen LogP contribution in [-0.4, -0.2) is 28.8 Å². The van der Waals surface area contributed by atoms with Gasteiger partial charge >= 0.3 is 0 Å². The van der Waals surface area contributed by atoms with Crippen LogP contribution in [0.15, 0.2) is 30.5 Å². The highest BCUT2D eigenvalue weighted by Gasteiger charge is 2.39. The van der Waals surface area contributed by atoms with Gasteiger partial charge in [0.2, 0.25) is 0 Å². The Morgan fingerprint density at radius 3 is 2.89 bits per heavy atom. The minimum Gasteiger partial charge on any atom is -0.351 e. The molecule has 94 valence electrons. The second-order valence-corrected chi connectivity index (χ2v) is 5.22. The number of hydrogen-bond acceptors (Lipinski definition) is 4. The summed E-state index contributed by atoms with van der Waals surface area (Å²) >= 11 is 0. The van der Waals surface area contributed by atoms with Gasteiger partial charge in [0.15, 0.2) is 5.82 Å². The quantitative estimate of drug-likeness (QED) is 0.893. The van der Waals surface area contributed by atoms with Crippen molar-refractivity contribution in [3.63, 3.8) is 0 Å². The molecule has 1 aromatic carbocycles. The predicted octanol–water partition coefficient (Wildman–Crippen LogP) is 1.95. The molecular weight excluding hydrogens is 224 g/mol. The normalized spacial score (nSPS) is 17.8. The Labute approximate surface area is 107 Å². The summed E-state index contributed by atoms with van der Waals surface area (Å²) in [5, 5.41) is 10.6. The third-order valence-electron chi connectivity index (χ3n) is 3.61. The summed E-state index contributed by atoms with van der Waals surface area (Å²) in [6.07, 6.45) is 4.01. The third kappa shape index (κ3) is 1.82. The van der Waals surface area contributed by atoms with E-state index in [-0.39, 0.29) is 5.54 Å². The van der Waals surface area contributed by atoms with E-state index in [0.29, 0.717) is 0 Å². The second kappa shape index (κ2) is 4.21. The van der Waals surface area contributed by atoms with Crippen LogP contribution in [0.5, 0.6) is 0 Å². The molecule has 1 aliphatic rings. The number of nitrogens with two attached hydrogens (primary N) is 1. The molecule has 0 spiro atoms. The van der Waals surface area contributed by atoms with E-state index in [0.717, 1.165) is 42.5 Å². The first-order valence-corrected chi connectivity index (χ1v) is 6.46. The predicted molar refractivity (Wildman–Crippen MR) is 73.6 cm³/mol. The maximum atomic E-state index is 6.30. The monoisotopic (exact) mass is 242 g/mol. The number of aromatic nitrogens is 2. The van der Waals surface area contributed by atoms with E-state index in [2.05, 4.69) is 34.2 Å². The lowest BCUT2D eigenvalue weighted by molar-refractivity contribution is 0.306. The Bertz CT molecular complexity index is 555. The van der Waals surface area contributed by atoms with Crippen molar-refractivity contribution in [2.24, 2.45) is 5.73 Å². The zero-order valence-corrected chi connectivity index (χ0v) is 10.6. The molecule has 4 nitrogen and oxygen atoms in total. The van der Waals surface area contributed by atoms with Gasteiger partial charge in [-0.05, 0) is 6.42 Å². The summed E-state index contributed by atoms with van der Waals surface area (Å²) in [5.41, 5.74) is 6.26. The van der Waals surface area contributed by atoms with Crippen molar-refractivity contribution < 1.29 is 0 Å². The number of nitrogens with zero attached hydrogens (tertiary/aromatic N) is 3. The Balaban J connectivity index is 1.89. The highest BCUT2D eigenvalue weighted by Crippen LogP contribution is 2.31. The lowest BCUT2D eigenvalue weighted by atomic mass is 9.86. The van der Waals surface area contributed by atoms with Crippen molar-refractivity contribution in [3.05, 3.63) is 30.5 Å². The van der Waals surface area contributed by atoms with E-state index in [9.17, 15) is 0 Å². The van der Waals surface area contributed by atoms with Gasteiger partial charge in [0.1, 0.15) is 0 Å². The molecule has 2 aromatic rings. The van der Waals surface area contributed by atoms with Crippen molar-refractivity contribution in [1.82, 2.24) is 10.2 Å². The Morgan fingerprint density at radius 1 is 1.33 bits per heavy atom. The average Bonchev–Trinajstić information content (AvgIpc) is 2.35. The largest absolute Gasteiger partial charge is 0.351 e. The van der Waals surface area contributed by atoms with Crippen molar-refractivity contribution in [2.45, 2.75) is 25.3 Å². The maximum Gasteiger partial charge on any atom is 0.159 e. The number of fused-ring (bicyclic) bond motifs is 1. The SMILES string of the molecule is CCCC1(N)CN(c2nncc3ccccc23)C1. The van der Waals surface area contributed by atoms with Gasteiger partial charge in [-0.3, -0.25) is 0 Å².